The summed E-state index contributed by atoms with van der Waals surface area (Å²) in [4.78, 5) is 12.6. The van der Waals surface area contributed by atoms with E-state index in [1.54, 1.807) is 12.1 Å². The third kappa shape index (κ3) is 3.91. The Bertz CT molecular complexity index is 510. The van der Waals surface area contributed by atoms with Gasteiger partial charge in [0.25, 0.3) is 5.69 Å². The van der Waals surface area contributed by atoms with E-state index in [9.17, 15) is 10.1 Å². The summed E-state index contributed by atoms with van der Waals surface area (Å²) >= 11 is 0. The summed E-state index contributed by atoms with van der Waals surface area (Å²) in [6, 6.07) is 7.18. The largest absolute Gasteiger partial charge is 0.318 e. The minimum absolute atomic E-state index is 0.0472. The van der Waals surface area contributed by atoms with E-state index in [4.69, 9.17) is 11.1 Å². The van der Waals surface area contributed by atoms with Gasteiger partial charge in [0, 0.05) is 31.6 Å². The van der Waals surface area contributed by atoms with Crippen LogP contribution in [0.25, 0.3) is 0 Å². The molecule has 0 aliphatic heterocycles. The van der Waals surface area contributed by atoms with Crippen LogP contribution >= 0.6 is 0 Å². The summed E-state index contributed by atoms with van der Waals surface area (Å²) in [5, 5.41) is 19.7. The normalized spacial score (nSPS) is 10.6. The molecule has 0 amide bonds. The van der Waals surface area contributed by atoms with Crippen molar-refractivity contribution in [3.63, 3.8) is 0 Å². The van der Waals surface area contributed by atoms with E-state index in [2.05, 4.69) is 16.4 Å². The van der Waals surface area contributed by atoms with Crippen molar-refractivity contribution in [2.75, 3.05) is 12.0 Å². The number of nitro benzene ring substituents is 1. The zero-order valence-electron chi connectivity index (χ0n) is 11.7. The predicted octanol–water partition coefficient (Wildman–Crippen LogP) is 2.00. The first kappa shape index (κ1) is 15.9. The van der Waals surface area contributed by atoms with Gasteiger partial charge in [-0.1, -0.05) is 12.1 Å². The molecule has 1 aromatic carbocycles. The van der Waals surface area contributed by atoms with E-state index in [1.165, 1.54) is 6.07 Å². The molecule has 20 heavy (non-hydrogen) atoms. The van der Waals surface area contributed by atoms with Crippen LogP contribution in [0.2, 0.25) is 0 Å². The number of rotatable bonds is 7. The predicted molar refractivity (Wildman–Crippen MR) is 76.7 cm³/mol. The Kier molecular flexibility index (Phi) is 5.90. The molecule has 108 valence electrons. The number of anilines is 1. The molecule has 0 atom stereocenters. The number of hydrogen-bond acceptors (Lipinski definition) is 6. The second-order valence-corrected chi connectivity index (χ2v) is 4.69. The van der Waals surface area contributed by atoms with E-state index < -0.39 is 4.92 Å². The Morgan fingerprint density at radius 2 is 2.25 bits per heavy atom. The quantitative estimate of drug-likeness (QED) is 0.448. The van der Waals surface area contributed by atoms with Gasteiger partial charge in [0.15, 0.2) is 0 Å². The zero-order chi connectivity index (χ0) is 15.1. The van der Waals surface area contributed by atoms with Crippen molar-refractivity contribution in [1.82, 2.24) is 4.90 Å². The molecule has 0 fully saturated rings. The minimum atomic E-state index is -0.465. The molecule has 7 heteroatoms. The molecule has 0 heterocycles. The lowest BCUT2D eigenvalue weighted by Crippen LogP contribution is -2.31. The van der Waals surface area contributed by atoms with Gasteiger partial charge in [0.05, 0.1) is 11.0 Å². The molecule has 1 aromatic rings. The topological polar surface area (TPSA) is 108 Å². The summed E-state index contributed by atoms with van der Waals surface area (Å²) in [5.74, 6) is 5.42. The van der Waals surface area contributed by atoms with Crippen LogP contribution in [0.1, 0.15) is 25.8 Å². The SMILES string of the molecule is CC(C)N(CCC#N)Cc1cccc([N+](=O)[O-])c1NN. The monoisotopic (exact) mass is 277 g/mol. The molecule has 0 unspecified atom stereocenters. The third-order valence-electron chi connectivity index (χ3n) is 3.08. The summed E-state index contributed by atoms with van der Waals surface area (Å²) in [7, 11) is 0. The molecule has 0 aliphatic rings. The van der Waals surface area contributed by atoms with E-state index in [0.717, 1.165) is 5.56 Å². The Hall–Kier alpha value is -2.17. The summed E-state index contributed by atoms with van der Waals surface area (Å²) in [6.45, 7) is 5.15. The van der Waals surface area contributed by atoms with E-state index in [-0.39, 0.29) is 11.7 Å². The van der Waals surface area contributed by atoms with Gasteiger partial charge in [0.1, 0.15) is 5.69 Å². The van der Waals surface area contributed by atoms with E-state index >= 15 is 0 Å². The number of nitriles is 1. The first-order valence-electron chi connectivity index (χ1n) is 6.35. The van der Waals surface area contributed by atoms with Crippen molar-refractivity contribution in [3.8, 4) is 6.07 Å². The highest BCUT2D eigenvalue weighted by Gasteiger charge is 2.19. The number of hydrazine groups is 1. The lowest BCUT2D eigenvalue weighted by molar-refractivity contribution is -0.384. The number of nitrogens with one attached hydrogen (secondary N) is 1. The average Bonchev–Trinajstić information content (AvgIpc) is 2.42. The minimum Gasteiger partial charge on any atom is -0.318 e. The molecule has 0 bridgehead atoms. The maximum absolute atomic E-state index is 11.0. The smallest absolute Gasteiger partial charge is 0.293 e. The Labute approximate surface area is 118 Å². The van der Waals surface area contributed by atoms with Gasteiger partial charge >= 0.3 is 0 Å². The van der Waals surface area contributed by atoms with Crippen molar-refractivity contribution in [1.29, 1.82) is 5.26 Å². The van der Waals surface area contributed by atoms with Gasteiger partial charge in [-0.25, -0.2) is 0 Å². The molecule has 0 spiro atoms. The van der Waals surface area contributed by atoms with Crippen molar-refractivity contribution >= 4 is 11.4 Å². The van der Waals surface area contributed by atoms with Gasteiger partial charge < -0.3 is 5.43 Å². The molecule has 0 aromatic heterocycles. The van der Waals surface area contributed by atoms with Crippen LogP contribution in [0.4, 0.5) is 11.4 Å². The number of benzene rings is 1. The highest BCUT2D eigenvalue weighted by atomic mass is 16.6. The molecular formula is C13H19N5O2. The lowest BCUT2D eigenvalue weighted by atomic mass is 10.1. The number of nitrogens with zero attached hydrogens (tertiary/aromatic N) is 3. The van der Waals surface area contributed by atoms with Gasteiger partial charge in [-0.3, -0.25) is 20.9 Å². The Balaban J connectivity index is 3.03. The van der Waals surface area contributed by atoms with Crippen LogP contribution in [0.3, 0.4) is 0 Å². The first-order valence-corrected chi connectivity index (χ1v) is 6.35. The highest BCUT2D eigenvalue weighted by molar-refractivity contribution is 5.65. The van der Waals surface area contributed by atoms with Crippen molar-refractivity contribution in [3.05, 3.63) is 33.9 Å². The summed E-state index contributed by atoms with van der Waals surface area (Å²) < 4.78 is 0. The number of para-hydroxylation sites is 1. The fraction of sp³-hybridized carbons (Fsp3) is 0.462. The molecule has 7 nitrogen and oxygen atoms in total. The summed E-state index contributed by atoms with van der Waals surface area (Å²) in [5.41, 5.74) is 3.43. The second-order valence-electron chi connectivity index (χ2n) is 4.69. The number of nitro groups is 1. The van der Waals surface area contributed by atoms with Gasteiger partial charge in [-0.2, -0.15) is 5.26 Å². The van der Waals surface area contributed by atoms with Crippen LogP contribution in [0.15, 0.2) is 18.2 Å². The molecule has 0 saturated heterocycles. The van der Waals surface area contributed by atoms with E-state index in [0.29, 0.717) is 25.2 Å². The van der Waals surface area contributed by atoms with Crippen molar-refractivity contribution in [2.45, 2.75) is 32.9 Å². The van der Waals surface area contributed by atoms with Crippen LogP contribution in [-0.2, 0) is 6.54 Å². The van der Waals surface area contributed by atoms with Crippen LogP contribution < -0.4 is 11.3 Å². The molecule has 0 radical (unpaired) electrons. The number of hydrogen-bond donors (Lipinski definition) is 2. The van der Waals surface area contributed by atoms with Crippen LogP contribution in [-0.4, -0.2) is 22.4 Å². The second kappa shape index (κ2) is 7.43. The van der Waals surface area contributed by atoms with Gasteiger partial charge in [0.2, 0.25) is 0 Å². The van der Waals surface area contributed by atoms with Crippen LogP contribution in [0, 0.1) is 21.4 Å². The molecule has 1 rings (SSSR count). The van der Waals surface area contributed by atoms with E-state index in [1.807, 2.05) is 13.8 Å². The maximum Gasteiger partial charge on any atom is 0.293 e. The number of nitrogens with two attached hydrogens (primary N) is 1. The van der Waals surface area contributed by atoms with Gasteiger partial charge in [-0.15, -0.1) is 0 Å². The van der Waals surface area contributed by atoms with Crippen molar-refractivity contribution < 1.29 is 4.92 Å². The zero-order valence-corrected chi connectivity index (χ0v) is 11.7. The highest BCUT2D eigenvalue weighted by Crippen LogP contribution is 2.28. The lowest BCUT2D eigenvalue weighted by Gasteiger charge is -2.26. The summed E-state index contributed by atoms with van der Waals surface area (Å²) in [6.07, 6.45) is 0.415. The van der Waals surface area contributed by atoms with Gasteiger partial charge in [-0.05, 0) is 19.4 Å². The fourth-order valence-corrected chi connectivity index (χ4v) is 1.97. The first-order chi connectivity index (χ1) is 9.51. The fourth-order valence-electron chi connectivity index (χ4n) is 1.97. The molecule has 0 saturated carbocycles. The standard InChI is InChI=1S/C13H19N5O2/c1-10(2)17(8-4-7-14)9-11-5-3-6-12(18(19)20)13(11)16-15/h3,5-6,10,16H,4,8-9,15H2,1-2H3. The number of nitrogen functional groups attached to an aromatic ring is 1. The maximum atomic E-state index is 11.0. The Morgan fingerprint density at radius 3 is 2.75 bits per heavy atom. The molecule has 0 aliphatic carbocycles. The molecule has 3 N–H and O–H groups in total. The third-order valence-corrected chi connectivity index (χ3v) is 3.08. The van der Waals surface area contributed by atoms with Crippen molar-refractivity contribution in [2.24, 2.45) is 5.84 Å². The molecular weight excluding hydrogens is 258 g/mol. The van der Waals surface area contributed by atoms with Crippen LogP contribution in [0.5, 0.6) is 0 Å². The average molecular weight is 277 g/mol. The Morgan fingerprint density at radius 1 is 1.55 bits per heavy atom.